The van der Waals surface area contributed by atoms with Crippen LogP contribution in [0.3, 0.4) is 0 Å². The fourth-order valence-electron chi connectivity index (χ4n) is 1.04. The lowest BCUT2D eigenvalue weighted by atomic mass is 10.7. The quantitative estimate of drug-likeness (QED) is 0.642. The largest absolute Gasteiger partial charge is 0.308 e. The average Bonchev–Trinajstić information content (AvgIpc) is 2.48. The molecule has 0 radical (unpaired) electrons. The molecule has 0 N–H and O–H groups in total. The van der Waals surface area contributed by atoms with E-state index >= 15 is 0 Å². The van der Waals surface area contributed by atoms with Crippen molar-refractivity contribution in [3.05, 3.63) is 5.82 Å². The molecule has 0 aliphatic carbocycles. The van der Waals surface area contributed by atoms with E-state index in [1.165, 1.54) is 0 Å². The Bertz CT molecular complexity index is 281. The maximum atomic E-state index is 4.22. The van der Waals surface area contributed by atoms with Gasteiger partial charge in [-0.3, -0.25) is 0 Å². The fraction of sp³-hybridized carbons (Fsp3) is 0.750. The highest BCUT2D eigenvalue weighted by Gasteiger charge is 2.17. The van der Waals surface area contributed by atoms with E-state index in [1.807, 2.05) is 35.1 Å². The molecule has 0 aromatic carbocycles. The number of thioether (sulfide) groups is 2. The van der Waals surface area contributed by atoms with Crippen molar-refractivity contribution in [1.29, 1.82) is 0 Å². The molecule has 3 nitrogen and oxygen atoms in total. The van der Waals surface area contributed by atoms with Gasteiger partial charge >= 0.3 is 0 Å². The van der Waals surface area contributed by atoms with Crippen LogP contribution in [0, 0.1) is 0 Å². The highest BCUT2D eigenvalue weighted by Crippen LogP contribution is 2.38. The van der Waals surface area contributed by atoms with Crippen LogP contribution in [0.5, 0.6) is 0 Å². The van der Waals surface area contributed by atoms with E-state index in [4.69, 9.17) is 0 Å². The first-order valence-electron chi connectivity index (χ1n) is 4.52. The number of thiol groups is 1. The van der Waals surface area contributed by atoms with Crippen LogP contribution in [-0.4, -0.2) is 26.3 Å². The van der Waals surface area contributed by atoms with Gasteiger partial charge in [0.15, 0.2) is 11.0 Å². The summed E-state index contributed by atoms with van der Waals surface area (Å²) in [5.74, 6) is 3.19. The molecule has 0 bridgehead atoms. The SMILES string of the molecule is CCSC(SCC)c1nnc(S)n1C. The third kappa shape index (κ3) is 2.84. The van der Waals surface area contributed by atoms with Gasteiger partial charge in [0, 0.05) is 7.05 Å². The van der Waals surface area contributed by atoms with Crippen LogP contribution in [0.15, 0.2) is 5.16 Å². The van der Waals surface area contributed by atoms with Crippen molar-refractivity contribution < 1.29 is 0 Å². The van der Waals surface area contributed by atoms with Gasteiger partial charge in [0.2, 0.25) is 0 Å². The molecule has 0 amide bonds. The molecule has 14 heavy (non-hydrogen) atoms. The second kappa shape index (κ2) is 5.92. The topological polar surface area (TPSA) is 30.7 Å². The van der Waals surface area contributed by atoms with Gasteiger partial charge in [0.25, 0.3) is 0 Å². The minimum absolute atomic E-state index is 0.378. The number of hydrogen-bond acceptors (Lipinski definition) is 5. The van der Waals surface area contributed by atoms with Crippen LogP contribution in [0.2, 0.25) is 0 Å². The van der Waals surface area contributed by atoms with Crippen LogP contribution >= 0.6 is 36.2 Å². The van der Waals surface area contributed by atoms with Crippen LogP contribution in [0.25, 0.3) is 0 Å². The Labute approximate surface area is 98.8 Å². The van der Waals surface area contributed by atoms with Crippen molar-refractivity contribution in [2.45, 2.75) is 23.6 Å². The molecule has 6 heteroatoms. The van der Waals surface area contributed by atoms with E-state index < -0.39 is 0 Å². The monoisotopic (exact) mass is 249 g/mol. The van der Waals surface area contributed by atoms with E-state index in [0.29, 0.717) is 9.74 Å². The Morgan fingerprint density at radius 1 is 1.29 bits per heavy atom. The third-order valence-corrected chi connectivity index (χ3v) is 4.63. The standard InChI is InChI=1S/C8H15N3S3/c1-4-13-7(14-5-2)6-9-10-8(12)11(6)3/h7H,4-5H2,1-3H3,(H,10,12). The van der Waals surface area contributed by atoms with Crippen LogP contribution in [0.1, 0.15) is 24.3 Å². The molecule has 0 saturated heterocycles. The van der Waals surface area contributed by atoms with Gasteiger partial charge in [-0.25, -0.2) is 0 Å². The van der Waals surface area contributed by atoms with E-state index in [1.54, 1.807) is 0 Å². The molecule has 80 valence electrons. The van der Waals surface area contributed by atoms with Crippen LogP contribution in [0.4, 0.5) is 0 Å². The molecule has 0 aliphatic rings. The summed E-state index contributed by atoms with van der Waals surface area (Å²) in [5.41, 5.74) is 0. The maximum absolute atomic E-state index is 4.22. The molecule has 1 aromatic rings. The van der Waals surface area contributed by atoms with Crippen molar-refractivity contribution in [3.63, 3.8) is 0 Å². The summed E-state index contributed by atoms with van der Waals surface area (Å²) in [5, 5.41) is 8.78. The number of rotatable bonds is 5. The van der Waals surface area contributed by atoms with Crippen molar-refractivity contribution in [2.24, 2.45) is 7.05 Å². The number of aromatic nitrogens is 3. The highest BCUT2D eigenvalue weighted by molar-refractivity contribution is 8.16. The zero-order valence-electron chi connectivity index (χ0n) is 8.60. The first-order chi connectivity index (χ1) is 6.70. The maximum Gasteiger partial charge on any atom is 0.187 e. The van der Waals surface area contributed by atoms with Crippen molar-refractivity contribution in [2.75, 3.05) is 11.5 Å². The number of nitrogens with zero attached hydrogens (tertiary/aromatic N) is 3. The fourth-order valence-corrected chi connectivity index (χ4v) is 3.70. The lowest BCUT2D eigenvalue weighted by Gasteiger charge is -2.13. The lowest BCUT2D eigenvalue weighted by Crippen LogP contribution is -2.01. The summed E-state index contributed by atoms with van der Waals surface area (Å²) in [6, 6.07) is 0. The normalized spacial score (nSPS) is 11.2. The molecule has 0 unspecified atom stereocenters. The first kappa shape index (κ1) is 12.3. The van der Waals surface area contributed by atoms with Gasteiger partial charge in [-0.15, -0.1) is 46.3 Å². The van der Waals surface area contributed by atoms with E-state index in [-0.39, 0.29) is 0 Å². The van der Waals surface area contributed by atoms with Crippen LogP contribution < -0.4 is 0 Å². The second-order valence-corrected chi connectivity index (χ2v) is 6.12. The minimum Gasteiger partial charge on any atom is -0.308 e. The smallest absolute Gasteiger partial charge is 0.187 e. The van der Waals surface area contributed by atoms with Gasteiger partial charge in [0.05, 0.1) is 0 Å². The number of hydrogen-bond donors (Lipinski definition) is 1. The van der Waals surface area contributed by atoms with Gasteiger partial charge < -0.3 is 4.57 Å². The summed E-state index contributed by atoms with van der Waals surface area (Å²) in [7, 11) is 1.96. The minimum atomic E-state index is 0.378. The summed E-state index contributed by atoms with van der Waals surface area (Å²) in [6.45, 7) is 4.32. The molecule has 0 spiro atoms. The zero-order valence-corrected chi connectivity index (χ0v) is 11.1. The van der Waals surface area contributed by atoms with E-state index in [0.717, 1.165) is 17.3 Å². The molecule has 0 saturated carbocycles. The van der Waals surface area contributed by atoms with Crippen LogP contribution in [-0.2, 0) is 7.05 Å². The predicted molar refractivity (Wildman–Crippen MR) is 67.3 cm³/mol. The first-order valence-corrected chi connectivity index (χ1v) is 7.06. The predicted octanol–water partition coefficient (Wildman–Crippen LogP) is 2.61. The second-order valence-electron chi connectivity index (χ2n) is 2.66. The van der Waals surface area contributed by atoms with Crippen molar-refractivity contribution in [3.8, 4) is 0 Å². The molecule has 1 rings (SSSR count). The Morgan fingerprint density at radius 3 is 2.21 bits per heavy atom. The van der Waals surface area contributed by atoms with Gasteiger partial charge in [0.1, 0.15) is 4.58 Å². The van der Waals surface area contributed by atoms with E-state index in [9.17, 15) is 0 Å². The molecule has 0 fully saturated rings. The summed E-state index contributed by atoms with van der Waals surface area (Å²) < 4.78 is 2.32. The van der Waals surface area contributed by atoms with Crippen molar-refractivity contribution >= 4 is 36.2 Å². The van der Waals surface area contributed by atoms with Gasteiger partial charge in [-0.1, -0.05) is 13.8 Å². The molecule has 1 aromatic heterocycles. The summed E-state index contributed by atoms with van der Waals surface area (Å²) in [6.07, 6.45) is 0. The summed E-state index contributed by atoms with van der Waals surface area (Å²) >= 11 is 7.99. The van der Waals surface area contributed by atoms with Gasteiger partial charge in [-0.2, -0.15) is 0 Å². The molecular formula is C8H15N3S3. The highest BCUT2D eigenvalue weighted by atomic mass is 32.2. The van der Waals surface area contributed by atoms with Gasteiger partial charge in [-0.05, 0) is 11.5 Å². The Morgan fingerprint density at radius 2 is 1.86 bits per heavy atom. The average molecular weight is 249 g/mol. The Hall–Kier alpha value is 0.190. The van der Waals surface area contributed by atoms with E-state index in [2.05, 4.69) is 36.7 Å². The third-order valence-electron chi connectivity index (χ3n) is 1.73. The molecular weight excluding hydrogens is 234 g/mol. The molecule has 1 heterocycles. The summed E-state index contributed by atoms with van der Waals surface area (Å²) in [4.78, 5) is 0. The Balaban J connectivity index is 2.81. The zero-order chi connectivity index (χ0) is 10.6. The van der Waals surface area contributed by atoms with Crippen molar-refractivity contribution in [1.82, 2.24) is 14.8 Å². The Kier molecular flexibility index (Phi) is 5.19. The lowest BCUT2D eigenvalue weighted by molar-refractivity contribution is 0.762. The molecule has 0 aliphatic heterocycles. The molecule has 0 atom stereocenters.